The normalized spacial score (nSPS) is 13.9. The van der Waals surface area contributed by atoms with Gasteiger partial charge in [-0.3, -0.25) is 4.79 Å². The Morgan fingerprint density at radius 2 is 1.43 bits per heavy atom. The van der Waals surface area contributed by atoms with Crippen molar-refractivity contribution in [3.63, 3.8) is 0 Å². The first-order chi connectivity index (χ1) is 13.3. The zero-order valence-corrected chi connectivity index (χ0v) is 17.3. The van der Waals surface area contributed by atoms with Crippen molar-refractivity contribution >= 4 is 57.4 Å². The number of halogens is 4. The van der Waals surface area contributed by atoms with Gasteiger partial charge in [-0.15, -0.1) is 0 Å². The third-order valence-electron chi connectivity index (χ3n) is 3.58. The van der Waals surface area contributed by atoms with E-state index < -0.39 is 29.0 Å². The second-order valence-electron chi connectivity index (χ2n) is 5.58. The number of ether oxygens (including phenoxy) is 2. The molecule has 0 spiro atoms. The second-order valence-corrected chi connectivity index (χ2v) is 7.63. The molecule has 3 atom stereocenters. The summed E-state index contributed by atoms with van der Waals surface area (Å²) in [5.41, 5.74) is 0.372. The predicted molar refractivity (Wildman–Crippen MR) is 106 cm³/mol. The summed E-state index contributed by atoms with van der Waals surface area (Å²) in [5, 5.41) is 0.868. The lowest BCUT2D eigenvalue weighted by molar-refractivity contribution is -0.115. The molecule has 0 bridgehead atoms. The summed E-state index contributed by atoms with van der Waals surface area (Å²) in [6, 6.07) is 11.7. The van der Waals surface area contributed by atoms with E-state index in [-0.39, 0.29) is 24.0 Å². The lowest BCUT2D eigenvalue weighted by atomic mass is 10.1. The van der Waals surface area contributed by atoms with Gasteiger partial charge in [0.15, 0.2) is 18.6 Å². The number of hydrogen-bond donors (Lipinski definition) is 0. The molecule has 0 N–H and O–H groups in total. The molecule has 2 rings (SSSR count). The van der Waals surface area contributed by atoms with Crippen LogP contribution in [0.3, 0.4) is 0 Å². The molecule has 0 saturated carbocycles. The molecule has 0 aliphatic heterocycles. The van der Waals surface area contributed by atoms with E-state index >= 15 is 0 Å². The number of hydrogen-bond acceptors (Lipinski definition) is 5. The highest BCUT2D eigenvalue weighted by Crippen LogP contribution is 2.20. The van der Waals surface area contributed by atoms with E-state index in [4.69, 9.17) is 32.7 Å². The molecule has 5 nitrogen and oxygen atoms in total. The molecular formula is C19H14BrCl2FO5. The molecule has 2 aromatic carbocycles. The van der Waals surface area contributed by atoms with Gasteiger partial charge < -0.3 is 9.47 Å². The largest absolute Gasteiger partial charge is 0.461 e. The van der Waals surface area contributed by atoms with Gasteiger partial charge in [0.25, 0.3) is 0 Å². The molecule has 2 aromatic rings. The van der Waals surface area contributed by atoms with Crippen LogP contribution in [0.4, 0.5) is 4.39 Å². The van der Waals surface area contributed by atoms with Crippen LogP contribution in [-0.4, -0.2) is 41.9 Å². The molecule has 28 heavy (non-hydrogen) atoms. The molecule has 0 aromatic heterocycles. The van der Waals surface area contributed by atoms with Crippen molar-refractivity contribution in [1.82, 2.24) is 0 Å². The molecule has 0 aliphatic carbocycles. The summed E-state index contributed by atoms with van der Waals surface area (Å²) in [5.74, 6) is -1.52. The van der Waals surface area contributed by atoms with Gasteiger partial charge in [-0.1, -0.05) is 39.1 Å². The smallest absolute Gasteiger partial charge is 0.338 e. The Labute approximate surface area is 178 Å². The Morgan fingerprint density at radius 3 is 1.89 bits per heavy atom. The van der Waals surface area contributed by atoms with E-state index in [0.717, 1.165) is 0 Å². The van der Waals surface area contributed by atoms with E-state index in [1.807, 2.05) is 0 Å². The van der Waals surface area contributed by atoms with Crippen molar-refractivity contribution in [2.75, 3.05) is 6.61 Å². The molecule has 0 amide bonds. The van der Waals surface area contributed by atoms with E-state index in [0.29, 0.717) is 10.0 Å². The quantitative estimate of drug-likeness (QED) is 0.304. The minimum atomic E-state index is -2.12. The summed E-state index contributed by atoms with van der Waals surface area (Å²) < 4.78 is 24.2. The molecule has 148 valence electrons. The monoisotopic (exact) mass is 490 g/mol. The topological polar surface area (TPSA) is 69.7 Å². The van der Waals surface area contributed by atoms with Gasteiger partial charge in [0.1, 0.15) is 6.61 Å². The fraction of sp³-hybridized carbons (Fsp3) is 0.211. The van der Waals surface area contributed by atoms with E-state index in [1.165, 1.54) is 48.5 Å². The number of aldehydes is 1. The SMILES string of the molecule is O=C[C@@H](F)[C@H](OC(=O)c1ccc(Cl)cc1)[C@H](Br)COC(=O)c1ccc(Cl)cc1. The highest BCUT2D eigenvalue weighted by atomic mass is 79.9. The lowest BCUT2D eigenvalue weighted by Crippen LogP contribution is -2.39. The van der Waals surface area contributed by atoms with Crippen LogP contribution in [-0.2, 0) is 14.3 Å². The number of benzene rings is 2. The molecular weight excluding hydrogens is 478 g/mol. The highest BCUT2D eigenvalue weighted by molar-refractivity contribution is 9.09. The minimum absolute atomic E-state index is 0.00901. The summed E-state index contributed by atoms with van der Waals surface area (Å²) in [6.45, 7) is -0.339. The van der Waals surface area contributed by atoms with Crippen LogP contribution >= 0.6 is 39.1 Å². The molecule has 9 heteroatoms. The number of alkyl halides is 2. The second kappa shape index (κ2) is 10.5. The predicted octanol–water partition coefficient (Wildman–Crippen LogP) is 4.68. The van der Waals surface area contributed by atoms with Gasteiger partial charge in [-0.25, -0.2) is 14.0 Å². The van der Waals surface area contributed by atoms with Crippen molar-refractivity contribution in [2.24, 2.45) is 0 Å². The Balaban J connectivity index is 2.01. The Kier molecular flexibility index (Phi) is 8.41. The van der Waals surface area contributed by atoms with E-state index in [1.54, 1.807) is 0 Å². The average molecular weight is 492 g/mol. The van der Waals surface area contributed by atoms with Gasteiger partial charge in [0.05, 0.1) is 16.0 Å². The molecule has 0 heterocycles. The minimum Gasteiger partial charge on any atom is -0.461 e. The number of carbonyl (C=O) groups is 3. The first-order valence-corrected chi connectivity index (χ1v) is 9.61. The van der Waals surface area contributed by atoms with Crippen LogP contribution in [0.1, 0.15) is 20.7 Å². The van der Waals surface area contributed by atoms with Crippen LogP contribution in [0.25, 0.3) is 0 Å². The maximum atomic E-state index is 14.0. The third kappa shape index (κ3) is 6.29. The van der Waals surface area contributed by atoms with Gasteiger partial charge in [-0.2, -0.15) is 0 Å². The van der Waals surface area contributed by atoms with Crippen LogP contribution < -0.4 is 0 Å². The van der Waals surface area contributed by atoms with Crippen molar-refractivity contribution in [3.8, 4) is 0 Å². The molecule has 0 fully saturated rings. The Hall–Kier alpha value is -1.96. The highest BCUT2D eigenvalue weighted by Gasteiger charge is 2.33. The zero-order valence-electron chi connectivity index (χ0n) is 14.2. The van der Waals surface area contributed by atoms with E-state index in [9.17, 15) is 18.8 Å². The lowest BCUT2D eigenvalue weighted by Gasteiger charge is -2.23. The average Bonchev–Trinajstić information content (AvgIpc) is 2.70. The number of rotatable bonds is 8. The fourth-order valence-electron chi connectivity index (χ4n) is 2.11. The standard InChI is InChI=1S/C19H14BrCl2FO5/c20-15(10-27-18(25)11-1-5-13(21)6-2-11)17(16(23)9-24)28-19(26)12-3-7-14(22)8-4-12/h1-9,15-17H,10H2/t15-,16-,17-/m1/s1. The Bertz CT molecular complexity index is 829. The summed E-state index contributed by atoms with van der Waals surface area (Å²) >= 11 is 14.6. The van der Waals surface area contributed by atoms with Crippen LogP contribution in [0.15, 0.2) is 48.5 Å². The molecule has 0 radical (unpaired) electrons. The Morgan fingerprint density at radius 1 is 0.964 bits per heavy atom. The molecule has 0 saturated heterocycles. The van der Waals surface area contributed by atoms with Crippen molar-refractivity contribution < 1.29 is 28.2 Å². The summed E-state index contributed by atoms with van der Waals surface area (Å²) in [4.78, 5) is 34.1. The van der Waals surface area contributed by atoms with Crippen LogP contribution in [0, 0.1) is 0 Å². The van der Waals surface area contributed by atoms with Crippen molar-refractivity contribution in [1.29, 1.82) is 0 Å². The van der Waals surface area contributed by atoms with Gasteiger partial charge in [0.2, 0.25) is 0 Å². The van der Waals surface area contributed by atoms with Gasteiger partial charge >= 0.3 is 11.9 Å². The van der Waals surface area contributed by atoms with Gasteiger partial charge in [0, 0.05) is 10.0 Å². The summed E-state index contributed by atoms with van der Waals surface area (Å²) in [6.07, 6.45) is -3.61. The maximum absolute atomic E-state index is 14.0. The number of esters is 2. The maximum Gasteiger partial charge on any atom is 0.338 e. The first-order valence-electron chi connectivity index (χ1n) is 7.94. The van der Waals surface area contributed by atoms with Crippen molar-refractivity contribution in [2.45, 2.75) is 17.1 Å². The molecule has 0 aliphatic rings. The number of carbonyl (C=O) groups excluding carboxylic acids is 3. The summed E-state index contributed by atoms with van der Waals surface area (Å²) in [7, 11) is 0. The van der Waals surface area contributed by atoms with Crippen LogP contribution in [0.5, 0.6) is 0 Å². The van der Waals surface area contributed by atoms with Crippen LogP contribution in [0.2, 0.25) is 10.0 Å². The van der Waals surface area contributed by atoms with Gasteiger partial charge in [-0.05, 0) is 48.5 Å². The molecule has 0 unspecified atom stereocenters. The third-order valence-corrected chi connectivity index (χ3v) is 4.87. The first kappa shape index (κ1) is 22.3. The fourth-order valence-corrected chi connectivity index (χ4v) is 2.90. The van der Waals surface area contributed by atoms with Crippen molar-refractivity contribution in [3.05, 3.63) is 69.7 Å². The van der Waals surface area contributed by atoms with E-state index in [2.05, 4.69) is 15.9 Å². The zero-order chi connectivity index (χ0) is 20.7.